The van der Waals surface area contributed by atoms with Gasteiger partial charge in [0.15, 0.2) is 0 Å². The molecule has 9 heteroatoms. The van der Waals surface area contributed by atoms with Crippen molar-refractivity contribution in [1.82, 2.24) is 5.32 Å². The number of phosphoric ester groups is 1. The van der Waals surface area contributed by atoms with Crippen molar-refractivity contribution in [1.29, 1.82) is 0 Å². The third kappa shape index (κ3) is 35.1. The highest BCUT2D eigenvalue weighted by molar-refractivity contribution is 7.45. The zero-order chi connectivity index (χ0) is 37.2. The average molecular weight is 727 g/mol. The van der Waals surface area contributed by atoms with Gasteiger partial charge in [-0.2, -0.15) is 0 Å². The van der Waals surface area contributed by atoms with Gasteiger partial charge in [0.2, 0.25) is 5.91 Å². The van der Waals surface area contributed by atoms with Crippen LogP contribution in [0.1, 0.15) is 168 Å². The van der Waals surface area contributed by atoms with Crippen molar-refractivity contribution < 1.29 is 32.9 Å². The highest BCUT2D eigenvalue weighted by Gasteiger charge is 2.23. The molecule has 0 aromatic carbocycles. The number of hydrogen-bond acceptors (Lipinski definition) is 6. The number of allylic oxidation sites excluding steroid dienone is 5. The molecule has 0 spiro atoms. The normalized spacial score (nSPS) is 14.9. The summed E-state index contributed by atoms with van der Waals surface area (Å²) in [6.45, 7) is 4.57. The molecule has 0 aromatic rings. The fourth-order valence-electron chi connectivity index (χ4n) is 5.55. The van der Waals surface area contributed by atoms with Gasteiger partial charge >= 0.3 is 0 Å². The number of nitrogens with zero attached hydrogens (tertiary/aromatic N) is 1. The van der Waals surface area contributed by atoms with Crippen LogP contribution in [0.4, 0.5) is 0 Å². The highest BCUT2D eigenvalue weighted by Crippen LogP contribution is 2.38. The number of aliphatic hydroxyl groups is 1. The molecule has 50 heavy (non-hydrogen) atoms. The van der Waals surface area contributed by atoms with Crippen LogP contribution in [0.25, 0.3) is 0 Å². The maximum atomic E-state index is 12.7. The van der Waals surface area contributed by atoms with Crippen molar-refractivity contribution >= 4 is 13.7 Å². The van der Waals surface area contributed by atoms with Crippen molar-refractivity contribution in [3.05, 3.63) is 36.5 Å². The van der Waals surface area contributed by atoms with Crippen LogP contribution in [0.5, 0.6) is 0 Å². The van der Waals surface area contributed by atoms with E-state index in [1.807, 2.05) is 33.3 Å². The van der Waals surface area contributed by atoms with Crippen LogP contribution in [0.15, 0.2) is 36.5 Å². The summed E-state index contributed by atoms with van der Waals surface area (Å²) in [7, 11) is 1.23. The number of rotatable bonds is 36. The van der Waals surface area contributed by atoms with Crippen molar-refractivity contribution in [3.8, 4) is 0 Å². The first-order chi connectivity index (χ1) is 24.0. The number of phosphoric acid groups is 1. The molecule has 2 N–H and O–H groups in total. The highest BCUT2D eigenvalue weighted by atomic mass is 31.2. The van der Waals surface area contributed by atoms with Crippen LogP contribution in [0.3, 0.4) is 0 Å². The number of nitrogens with one attached hydrogen (secondary N) is 1. The van der Waals surface area contributed by atoms with E-state index in [0.29, 0.717) is 17.4 Å². The number of likely N-dealkylation sites (N-methyl/N-ethyl adjacent to an activating group) is 1. The molecule has 0 heterocycles. The Morgan fingerprint density at radius 3 is 1.66 bits per heavy atom. The lowest BCUT2D eigenvalue weighted by Gasteiger charge is -2.29. The van der Waals surface area contributed by atoms with E-state index in [2.05, 4.69) is 37.4 Å². The van der Waals surface area contributed by atoms with E-state index in [-0.39, 0.29) is 18.9 Å². The second kappa shape index (κ2) is 33.5. The van der Waals surface area contributed by atoms with Crippen molar-refractivity contribution in [3.63, 3.8) is 0 Å². The predicted octanol–water partition coefficient (Wildman–Crippen LogP) is 10.1. The number of quaternary nitrogens is 1. The molecule has 0 bridgehead atoms. The Morgan fingerprint density at radius 1 is 0.700 bits per heavy atom. The molecule has 0 aliphatic carbocycles. The Kier molecular flexibility index (Phi) is 32.7. The fourth-order valence-corrected chi connectivity index (χ4v) is 6.28. The first-order valence-electron chi connectivity index (χ1n) is 20.4. The van der Waals surface area contributed by atoms with E-state index >= 15 is 0 Å². The summed E-state index contributed by atoms with van der Waals surface area (Å²) in [5, 5.41) is 13.7. The zero-order valence-electron chi connectivity index (χ0n) is 33.1. The summed E-state index contributed by atoms with van der Waals surface area (Å²) in [6, 6.07) is -0.913. The summed E-state index contributed by atoms with van der Waals surface area (Å²) in [5.41, 5.74) is 0. The smallest absolute Gasteiger partial charge is 0.268 e. The lowest BCUT2D eigenvalue weighted by Crippen LogP contribution is -2.45. The topological polar surface area (TPSA) is 108 Å². The summed E-state index contributed by atoms with van der Waals surface area (Å²) >= 11 is 0. The van der Waals surface area contributed by atoms with Crippen LogP contribution >= 0.6 is 7.82 Å². The Hall–Kier alpha value is -1.28. The fraction of sp³-hybridized carbons (Fsp3) is 0.829. The minimum atomic E-state index is -4.59. The molecule has 8 nitrogen and oxygen atoms in total. The SMILES string of the molecule is CCCCCCCC/C=C\C/C=C\CCC(=O)NC(COP(=O)([O-])OCC[N+](C)(C)C)C(O)/C=C/CCCCCCCCCCCCCCC. The predicted molar refractivity (Wildman–Crippen MR) is 210 cm³/mol. The van der Waals surface area contributed by atoms with Gasteiger partial charge in [-0.15, -0.1) is 0 Å². The van der Waals surface area contributed by atoms with Crippen molar-refractivity contribution in [2.45, 2.75) is 180 Å². The molecule has 3 unspecified atom stereocenters. The van der Waals surface area contributed by atoms with E-state index in [1.54, 1.807) is 6.08 Å². The lowest BCUT2D eigenvalue weighted by molar-refractivity contribution is -0.870. The van der Waals surface area contributed by atoms with E-state index in [0.717, 1.165) is 32.1 Å². The maximum Gasteiger partial charge on any atom is 0.268 e. The number of carbonyl (C=O) groups excluding carboxylic acids is 1. The molecule has 294 valence electrons. The third-order valence-corrected chi connectivity index (χ3v) is 9.82. The zero-order valence-corrected chi connectivity index (χ0v) is 34.0. The molecule has 1 amide bonds. The molecule has 0 radical (unpaired) electrons. The van der Waals surface area contributed by atoms with Crippen molar-refractivity contribution in [2.75, 3.05) is 40.9 Å². The quantitative estimate of drug-likeness (QED) is 0.0288. The van der Waals surface area contributed by atoms with Gasteiger partial charge < -0.3 is 28.8 Å². The van der Waals surface area contributed by atoms with Crippen LogP contribution < -0.4 is 10.2 Å². The van der Waals surface area contributed by atoms with Crippen LogP contribution in [0, 0.1) is 0 Å². The standard InChI is InChI=1S/C41H79N2O6P/c1-6-8-10-12-14-16-18-20-21-23-24-26-28-30-32-34-40(44)39(38-49-50(46,47)48-37-36-43(3,4)5)42-41(45)35-33-31-29-27-25-22-19-17-15-13-11-9-7-2/h22,25,29,31-32,34,39-40,44H,6-21,23-24,26-28,30,33,35-38H2,1-5H3,(H-,42,45,46,47)/b25-22-,31-29-,34-32+. The number of unbranched alkanes of at least 4 members (excludes halogenated alkanes) is 19. The van der Waals surface area contributed by atoms with E-state index in [9.17, 15) is 19.4 Å². The monoisotopic (exact) mass is 727 g/mol. The minimum Gasteiger partial charge on any atom is -0.756 e. The van der Waals surface area contributed by atoms with Gasteiger partial charge in [-0.05, 0) is 38.5 Å². The van der Waals surface area contributed by atoms with E-state index in [1.165, 1.54) is 109 Å². The second-order valence-electron chi connectivity index (χ2n) is 15.0. The van der Waals surface area contributed by atoms with Crippen LogP contribution in [-0.2, 0) is 18.4 Å². The number of hydrogen-bond donors (Lipinski definition) is 2. The lowest BCUT2D eigenvalue weighted by atomic mass is 10.0. The summed E-state index contributed by atoms with van der Waals surface area (Å²) in [5.74, 6) is -0.266. The van der Waals surface area contributed by atoms with Gasteiger partial charge in [0.25, 0.3) is 7.82 Å². The maximum absolute atomic E-state index is 12.7. The summed E-state index contributed by atoms with van der Waals surface area (Å²) < 4.78 is 23.1. The first kappa shape index (κ1) is 48.7. The molecule has 0 fully saturated rings. The first-order valence-corrected chi connectivity index (χ1v) is 21.8. The van der Waals surface area contributed by atoms with Gasteiger partial charge in [0.05, 0.1) is 39.9 Å². The molecule has 0 aromatic heterocycles. The molecular formula is C41H79N2O6P. The van der Waals surface area contributed by atoms with Crippen LogP contribution in [-0.4, -0.2) is 68.5 Å². The number of aliphatic hydroxyl groups excluding tert-OH is 1. The molecule has 0 saturated heterocycles. The largest absolute Gasteiger partial charge is 0.756 e. The molecule has 0 aliphatic heterocycles. The Balaban J connectivity index is 4.59. The Labute approximate surface area is 308 Å². The average Bonchev–Trinajstić information content (AvgIpc) is 3.06. The molecule has 0 aliphatic rings. The van der Waals surface area contributed by atoms with E-state index in [4.69, 9.17) is 9.05 Å². The molecular weight excluding hydrogens is 647 g/mol. The third-order valence-electron chi connectivity index (χ3n) is 8.86. The van der Waals surface area contributed by atoms with Gasteiger partial charge in [-0.1, -0.05) is 159 Å². The summed E-state index contributed by atoms with van der Waals surface area (Å²) in [4.78, 5) is 25.1. The van der Waals surface area contributed by atoms with E-state index < -0.39 is 26.6 Å². The van der Waals surface area contributed by atoms with Gasteiger partial charge in [0.1, 0.15) is 13.2 Å². The Bertz CT molecular complexity index is 917. The van der Waals surface area contributed by atoms with Gasteiger partial charge in [0, 0.05) is 6.42 Å². The van der Waals surface area contributed by atoms with Gasteiger partial charge in [-0.3, -0.25) is 9.36 Å². The second-order valence-corrected chi connectivity index (χ2v) is 16.4. The number of carbonyl (C=O) groups is 1. The van der Waals surface area contributed by atoms with Crippen molar-refractivity contribution in [2.24, 2.45) is 0 Å². The van der Waals surface area contributed by atoms with Gasteiger partial charge in [-0.25, -0.2) is 0 Å². The molecule has 3 atom stereocenters. The molecule has 0 saturated carbocycles. The summed E-state index contributed by atoms with van der Waals surface area (Å²) in [6.07, 6.45) is 39.1. The number of amides is 1. The molecule has 0 rings (SSSR count). The minimum absolute atomic E-state index is 0.0105. The van der Waals surface area contributed by atoms with Crippen LogP contribution in [0.2, 0.25) is 0 Å². The Morgan fingerprint density at radius 2 is 1.16 bits per heavy atom.